The highest BCUT2D eigenvalue weighted by molar-refractivity contribution is 5.75. The summed E-state index contributed by atoms with van der Waals surface area (Å²) in [5.41, 5.74) is -0.308. The number of carbonyl (C=O) groups is 1. The standard InChI is InChI=1S/C12H22O2/c1-4-12(2,3)11(13)14-10-8-6-5-7-9-10/h10H,4-9H2,1-3H3. The minimum Gasteiger partial charge on any atom is -0.462 e. The predicted octanol–water partition coefficient (Wildman–Crippen LogP) is 3.30. The van der Waals surface area contributed by atoms with Crippen molar-refractivity contribution in [1.29, 1.82) is 0 Å². The van der Waals surface area contributed by atoms with Gasteiger partial charge in [-0.1, -0.05) is 13.3 Å². The van der Waals surface area contributed by atoms with Crippen LogP contribution in [0.2, 0.25) is 0 Å². The predicted molar refractivity (Wildman–Crippen MR) is 57.0 cm³/mol. The average molecular weight is 198 g/mol. The van der Waals surface area contributed by atoms with Gasteiger partial charge in [0.05, 0.1) is 5.41 Å². The lowest BCUT2D eigenvalue weighted by Gasteiger charge is -2.27. The van der Waals surface area contributed by atoms with Crippen molar-refractivity contribution >= 4 is 5.97 Å². The van der Waals surface area contributed by atoms with Gasteiger partial charge in [0, 0.05) is 0 Å². The summed E-state index contributed by atoms with van der Waals surface area (Å²) < 4.78 is 5.51. The van der Waals surface area contributed by atoms with E-state index in [9.17, 15) is 4.79 Å². The fourth-order valence-electron chi connectivity index (χ4n) is 1.64. The van der Waals surface area contributed by atoms with Crippen molar-refractivity contribution in [3.05, 3.63) is 0 Å². The first-order chi connectivity index (χ1) is 6.56. The molecular formula is C12H22O2. The molecule has 14 heavy (non-hydrogen) atoms. The Balaban J connectivity index is 2.39. The van der Waals surface area contributed by atoms with Gasteiger partial charge in [0.15, 0.2) is 0 Å². The van der Waals surface area contributed by atoms with E-state index in [1.54, 1.807) is 0 Å². The molecule has 0 radical (unpaired) electrons. The van der Waals surface area contributed by atoms with E-state index in [2.05, 4.69) is 0 Å². The third kappa shape index (κ3) is 3.00. The normalized spacial score (nSPS) is 19.4. The van der Waals surface area contributed by atoms with Gasteiger partial charge in [-0.05, 0) is 46.0 Å². The van der Waals surface area contributed by atoms with Crippen LogP contribution in [0.3, 0.4) is 0 Å². The van der Waals surface area contributed by atoms with E-state index < -0.39 is 0 Å². The molecular weight excluding hydrogens is 176 g/mol. The number of hydrogen-bond acceptors (Lipinski definition) is 2. The molecule has 1 saturated carbocycles. The van der Waals surface area contributed by atoms with Crippen LogP contribution in [0.1, 0.15) is 59.3 Å². The fourth-order valence-corrected chi connectivity index (χ4v) is 1.64. The second kappa shape index (κ2) is 4.81. The molecule has 0 heterocycles. The van der Waals surface area contributed by atoms with E-state index >= 15 is 0 Å². The van der Waals surface area contributed by atoms with Crippen molar-refractivity contribution in [2.24, 2.45) is 5.41 Å². The number of esters is 1. The Morgan fingerprint density at radius 3 is 2.36 bits per heavy atom. The molecule has 0 bridgehead atoms. The van der Waals surface area contributed by atoms with Gasteiger partial charge in [-0.25, -0.2) is 0 Å². The zero-order chi connectivity index (χ0) is 10.6. The van der Waals surface area contributed by atoms with Crippen LogP contribution < -0.4 is 0 Å². The van der Waals surface area contributed by atoms with Crippen LogP contribution >= 0.6 is 0 Å². The van der Waals surface area contributed by atoms with Crippen molar-refractivity contribution < 1.29 is 9.53 Å². The Morgan fingerprint density at radius 1 is 1.29 bits per heavy atom. The van der Waals surface area contributed by atoms with Gasteiger partial charge in [-0.15, -0.1) is 0 Å². The maximum atomic E-state index is 11.7. The lowest BCUT2D eigenvalue weighted by atomic mass is 9.90. The molecule has 0 unspecified atom stereocenters. The molecule has 1 fully saturated rings. The molecule has 0 aromatic heterocycles. The molecule has 1 rings (SSSR count). The number of ether oxygens (including phenoxy) is 1. The van der Waals surface area contributed by atoms with Gasteiger partial charge in [0.25, 0.3) is 0 Å². The zero-order valence-electron chi connectivity index (χ0n) is 9.64. The summed E-state index contributed by atoms with van der Waals surface area (Å²) >= 11 is 0. The van der Waals surface area contributed by atoms with Crippen LogP contribution in [-0.2, 0) is 9.53 Å². The Labute approximate surface area is 87.0 Å². The maximum absolute atomic E-state index is 11.7. The smallest absolute Gasteiger partial charge is 0.311 e. The molecule has 2 nitrogen and oxygen atoms in total. The van der Waals surface area contributed by atoms with Crippen LogP contribution in [-0.4, -0.2) is 12.1 Å². The first kappa shape index (κ1) is 11.5. The number of carbonyl (C=O) groups excluding carboxylic acids is 1. The third-order valence-corrected chi connectivity index (χ3v) is 3.26. The Hall–Kier alpha value is -0.530. The van der Waals surface area contributed by atoms with Crippen molar-refractivity contribution in [3.8, 4) is 0 Å². The summed E-state index contributed by atoms with van der Waals surface area (Å²) in [6, 6.07) is 0. The summed E-state index contributed by atoms with van der Waals surface area (Å²) in [5.74, 6) is -0.0214. The molecule has 0 amide bonds. The monoisotopic (exact) mass is 198 g/mol. The molecule has 0 aliphatic heterocycles. The number of rotatable bonds is 3. The minimum absolute atomic E-state index is 0.0214. The molecule has 0 aromatic rings. The summed E-state index contributed by atoms with van der Waals surface area (Å²) in [6.45, 7) is 5.94. The summed E-state index contributed by atoms with van der Waals surface area (Å²) in [7, 11) is 0. The summed E-state index contributed by atoms with van der Waals surface area (Å²) in [6.07, 6.45) is 6.89. The lowest BCUT2D eigenvalue weighted by Crippen LogP contribution is -2.31. The third-order valence-electron chi connectivity index (χ3n) is 3.26. The Kier molecular flexibility index (Phi) is 3.97. The molecule has 0 N–H and O–H groups in total. The number of hydrogen-bond donors (Lipinski definition) is 0. The van der Waals surface area contributed by atoms with Crippen LogP contribution in [0.4, 0.5) is 0 Å². The van der Waals surface area contributed by atoms with E-state index in [-0.39, 0.29) is 17.5 Å². The highest BCUT2D eigenvalue weighted by Crippen LogP contribution is 2.26. The molecule has 2 heteroatoms. The van der Waals surface area contributed by atoms with Crippen LogP contribution in [0.5, 0.6) is 0 Å². The van der Waals surface area contributed by atoms with E-state index in [0.717, 1.165) is 19.3 Å². The van der Waals surface area contributed by atoms with Gasteiger partial charge in [0.2, 0.25) is 0 Å². The van der Waals surface area contributed by atoms with Crippen molar-refractivity contribution in [1.82, 2.24) is 0 Å². The van der Waals surface area contributed by atoms with Crippen LogP contribution in [0.15, 0.2) is 0 Å². The molecule has 0 spiro atoms. The highest BCUT2D eigenvalue weighted by Gasteiger charge is 2.29. The highest BCUT2D eigenvalue weighted by atomic mass is 16.5. The first-order valence-corrected chi connectivity index (χ1v) is 5.77. The second-order valence-corrected chi connectivity index (χ2v) is 4.90. The van der Waals surface area contributed by atoms with Gasteiger partial charge in [-0.3, -0.25) is 4.79 Å². The summed E-state index contributed by atoms with van der Waals surface area (Å²) in [5, 5.41) is 0. The van der Waals surface area contributed by atoms with Crippen molar-refractivity contribution in [2.75, 3.05) is 0 Å². The minimum atomic E-state index is -0.308. The van der Waals surface area contributed by atoms with E-state index in [0.29, 0.717) is 0 Å². The molecule has 0 aromatic carbocycles. The molecule has 82 valence electrons. The molecule has 1 aliphatic rings. The maximum Gasteiger partial charge on any atom is 0.311 e. The van der Waals surface area contributed by atoms with Gasteiger partial charge in [0.1, 0.15) is 6.10 Å². The van der Waals surface area contributed by atoms with Gasteiger partial charge >= 0.3 is 5.97 Å². The van der Waals surface area contributed by atoms with E-state index in [1.807, 2.05) is 20.8 Å². The van der Waals surface area contributed by atoms with Crippen LogP contribution in [0.25, 0.3) is 0 Å². The fraction of sp³-hybridized carbons (Fsp3) is 0.917. The van der Waals surface area contributed by atoms with E-state index in [1.165, 1.54) is 19.3 Å². The topological polar surface area (TPSA) is 26.3 Å². The SMILES string of the molecule is CCC(C)(C)C(=O)OC1CCCCC1. The Morgan fingerprint density at radius 2 is 1.86 bits per heavy atom. The first-order valence-electron chi connectivity index (χ1n) is 5.77. The molecule has 0 saturated heterocycles. The Bertz CT molecular complexity index is 190. The van der Waals surface area contributed by atoms with Crippen LogP contribution in [0, 0.1) is 5.41 Å². The van der Waals surface area contributed by atoms with Gasteiger partial charge < -0.3 is 4.74 Å². The van der Waals surface area contributed by atoms with Crippen molar-refractivity contribution in [2.45, 2.75) is 65.4 Å². The quantitative estimate of drug-likeness (QED) is 0.650. The molecule has 0 atom stereocenters. The lowest BCUT2D eigenvalue weighted by molar-refractivity contribution is -0.161. The largest absolute Gasteiger partial charge is 0.462 e. The summed E-state index contributed by atoms with van der Waals surface area (Å²) in [4.78, 5) is 11.7. The molecule has 1 aliphatic carbocycles. The second-order valence-electron chi connectivity index (χ2n) is 4.90. The van der Waals surface area contributed by atoms with Crippen molar-refractivity contribution in [3.63, 3.8) is 0 Å². The zero-order valence-corrected chi connectivity index (χ0v) is 9.64. The van der Waals surface area contributed by atoms with E-state index in [4.69, 9.17) is 4.74 Å². The van der Waals surface area contributed by atoms with Gasteiger partial charge in [-0.2, -0.15) is 0 Å². The average Bonchev–Trinajstić information content (AvgIpc) is 2.19.